The molecule has 0 fully saturated rings. The molecule has 1 unspecified atom stereocenters. The number of aromatic nitrogens is 1. The van der Waals surface area contributed by atoms with Crippen molar-refractivity contribution in [2.24, 2.45) is 0 Å². The van der Waals surface area contributed by atoms with Gasteiger partial charge in [0.1, 0.15) is 10.2 Å². The Hall–Kier alpha value is -3.23. The summed E-state index contributed by atoms with van der Waals surface area (Å²) in [6.45, 7) is -0.528. The molecule has 7 nitrogen and oxygen atoms in total. The van der Waals surface area contributed by atoms with E-state index in [2.05, 4.69) is 22.4 Å². The number of benzene rings is 1. The lowest BCUT2D eigenvalue weighted by atomic mass is 9.83. The number of halogens is 1. The van der Waals surface area contributed by atoms with Gasteiger partial charge in [0.05, 0.1) is 18.2 Å². The fourth-order valence-electron chi connectivity index (χ4n) is 3.91. The van der Waals surface area contributed by atoms with Crippen molar-refractivity contribution in [3.63, 3.8) is 0 Å². The Morgan fingerprint density at radius 2 is 1.94 bits per heavy atom. The van der Waals surface area contributed by atoms with E-state index in [1.54, 1.807) is 6.07 Å². The number of carbonyl (C=O) groups is 3. The van der Waals surface area contributed by atoms with Crippen LogP contribution in [0.3, 0.4) is 0 Å². The van der Waals surface area contributed by atoms with Gasteiger partial charge in [0.25, 0.3) is 5.91 Å². The summed E-state index contributed by atoms with van der Waals surface area (Å²) in [5.74, 6) is -1.48. The Labute approximate surface area is 199 Å². The van der Waals surface area contributed by atoms with E-state index < -0.39 is 24.5 Å². The molecule has 1 aliphatic carbocycles. The fraction of sp³-hybridized carbons (Fsp3) is 0.250. The zero-order valence-electron chi connectivity index (χ0n) is 17.8. The number of anilines is 1. The van der Waals surface area contributed by atoms with Gasteiger partial charge in [0.15, 0.2) is 6.61 Å². The quantitative estimate of drug-likeness (QED) is 0.404. The molecule has 0 bridgehead atoms. The van der Waals surface area contributed by atoms with Crippen LogP contribution in [0.2, 0.25) is 5.15 Å². The molecule has 3 aromatic rings. The van der Waals surface area contributed by atoms with Crippen LogP contribution >= 0.6 is 22.9 Å². The first kappa shape index (κ1) is 22.9. The minimum atomic E-state index is -0.757. The van der Waals surface area contributed by atoms with Gasteiger partial charge in [-0.1, -0.05) is 41.9 Å². The van der Waals surface area contributed by atoms with E-state index in [-0.39, 0.29) is 10.7 Å². The number of nitrogens with zero attached hydrogens (tertiary/aromatic N) is 1. The van der Waals surface area contributed by atoms with Crippen LogP contribution in [-0.4, -0.2) is 36.5 Å². The highest BCUT2D eigenvalue weighted by atomic mass is 35.5. The van der Waals surface area contributed by atoms with Crippen molar-refractivity contribution in [3.05, 3.63) is 80.9 Å². The van der Waals surface area contributed by atoms with Gasteiger partial charge in [-0.25, -0.2) is 14.6 Å². The van der Waals surface area contributed by atoms with Gasteiger partial charge < -0.3 is 14.8 Å². The lowest BCUT2D eigenvalue weighted by Gasteiger charge is -2.22. The number of pyridine rings is 1. The molecule has 4 rings (SSSR count). The van der Waals surface area contributed by atoms with Gasteiger partial charge in [-0.15, -0.1) is 11.3 Å². The number of carbonyl (C=O) groups excluding carboxylic acids is 3. The Kier molecular flexibility index (Phi) is 7.05. The van der Waals surface area contributed by atoms with E-state index in [9.17, 15) is 14.4 Å². The second-order valence-electron chi connectivity index (χ2n) is 7.52. The highest BCUT2D eigenvalue weighted by Crippen LogP contribution is 2.42. The predicted molar refractivity (Wildman–Crippen MR) is 125 cm³/mol. The average molecular weight is 485 g/mol. The van der Waals surface area contributed by atoms with Crippen molar-refractivity contribution in [2.75, 3.05) is 19.0 Å². The third-order valence-corrected chi connectivity index (χ3v) is 6.96. The average Bonchev–Trinajstić information content (AvgIpc) is 3.19. The highest BCUT2D eigenvalue weighted by molar-refractivity contribution is 7.17. The van der Waals surface area contributed by atoms with Crippen LogP contribution < -0.4 is 5.32 Å². The Balaban J connectivity index is 1.49. The summed E-state index contributed by atoms with van der Waals surface area (Å²) in [4.78, 5) is 42.1. The Morgan fingerprint density at radius 1 is 1.15 bits per heavy atom. The largest absolute Gasteiger partial charge is 0.465 e. The molecule has 2 aromatic heterocycles. The molecule has 0 spiro atoms. The number of methoxy groups -OCH3 is 1. The number of nitrogens with one attached hydrogen (secondary N) is 1. The molecule has 1 aromatic carbocycles. The number of thiophene rings is 1. The molecule has 9 heteroatoms. The first-order valence-electron chi connectivity index (χ1n) is 10.3. The maximum absolute atomic E-state index is 12.5. The van der Waals surface area contributed by atoms with Crippen LogP contribution in [-0.2, 0) is 27.1 Å². The maximum Gasteiger partial charge on any atom is 0.341 e. The summed E-state index contributed by atoms with van der Waals surface area (Å²) in [6.07, 6.45) is 3.83. The summed E-state index contributed by atoms with van der Waals surface area (Å²) >= 11 is 7.25. The number of rotatable bonds is 6. The summed E-state index contributed by atoms with van der Waals surface area (Å²) in [5.41, 5.74) is 2.61. The van der Waals surface area contributed by atoms with Crippen LogP contribution in [0.25, 0.3) is 0 Å². The molecule has 1 N–H and O–H groups in total. The molecule has 1 atom stereocenters. The summed E-state index contributed by atoms with van der Waals surface area (Å²) in [5, 5.41) is 3.11. The predicted octanol–water partition coefficient (Wildman–Crippen LogP) is 4.65. The van der Waals surface area contributed by atoms with Crippen molar-refractivity contribution in [1.82, 2.24) is 4.98 Å². The smallest absolute Gasteiger partial charge is 0.341 e. The van der Waals surface area contributed by atoms with Crippen LogP contribution in [0.5, 0.6) is 0 Å². The van der Waals surface area contributed by atoms with Gasteiger partial charge in [-0.2, -0.15) is 0 Å². The zero-order valence-corrected chi connectivity index (χ0v) is 19.4. The third-order valence-electron chi connectivity index (χ3n) is 5.49. The lowest BCUT2D eigenvalue weighted by molar-refractivity contribution is -0.119. The Bertz CT molecular complexity index is 1190. The number of amides is 1. The molecule has 33 heavy (non-hydrogen) atoms. The van der Waals surface area contributed by atoms with Crippen LogP contribution in [0.1, 0.15) is 49.1 Å². The van der Waals surface area contributed by atoms with Crippen molar-refractivity contribution < 1.29 is 23.9 Å². The second-order valence-corrected chi connectivity index (χ2v) is 8.98. The van der Waals surface area contributed by atoms with Crippen molar-refractivity contribution in [3.8, 4) is 0 Å². The molecule has 1 aliphatic rings. The first-order valence-corrected chi connectivity index (χ1v) is 11.5. The third kappa shape index (κ3) is 5.07. The monoisotopic (exact) mass is 484 g/mol. The number of hydrogen-bond acceptors (Lipinski definition) is 7. The normalized spacial score (nSPS) is 14.8. The van der Waals surface area contributed by atoms with Gasteiger partial charge in [-0.3, -0.25) is 4.79 Å². The number of fused-ring (bicyclic) bond motifs is 1. The molecular weight excluding hydrogens is 464 g/mol. The maximum atomic E-state index is 12.5. The number of ether oxygens (including phenoxy) is 2. The zero-order chi connectivity index (χ0) is 23.4. The molecule has 0 aliphatic heterocycles. The molecule has 0 saturated carbocycles. The van der Waals surface area contributed by atoms with Crippen molar-refractivity contribution in [1.29, 1.82) is 0 Å². The molecule has 2 heterocycles. The van der Waals surface area contributed by atoms with E-state index in [0.29, 0.717) is 22.9 Å². The molecular formula is C24H21ClN2O5S. The molecule has 0 saturated heterocycles. The number of hydrogen-bond donors (Lipinski definition) is 1. The van der Waals surface area contributed by atoms with E-state index in [4.69, 9.17) is 21.1 Å². The fourth-order valence-corrected chi connectivity index (χ4v) is 5.44. The van der Waals surface area contributed by atoms with Gasteiger partial charge >= 0.3 is 11.9 Å². The first-order chi connectivity index (χ1) is 16.0. The summed E-state index contributed by atoms with van der Waals surface area (Å²) < 4.78 is 10.0. The van der Waals surface area contributed by atoms with E-state index >= 15 is 0 Å². The van der Waals surface area contributed by atoms with Crippen LogP contribution in [0.4, 0.5) is 5.00 Å². The topological polar surface area (TPSA) is 94.6 Å². The van der Waals surface area contributed by atoms with Gasteiger partial charge in [0.2, 0.25) is 0 Å². The minimum Gasteiger partial charge on any atom is -0.465 e. The number of esters is 2. The lowest BCUT2D eigenvalue weighted by Crippen LogP contribution is -2.22. The standard InChI is InChI=1S/C24H21ClN2O5S/c1-31-24(30)20-16-10-9-15(14-6-3-2-4-7-14)12-18(16)33-22(20)27-19(28)13-32-23(29)17-8-5-11-26-21(17)25/h2-8,11,15H,9-10,12-13H2,1H3,(H,27,28). The van der Waals surface area contributed by atoms with Crippen molar-refractivity contribution >= 4 is 45.8 Å². The second kappa shape index (κ2) is 10.1. The molecule has 170 valence electrons. The minimum absolute atomic E-state index is 0.00483. The summed E-state index contributed by atoms with van der Waals surface area (Å²) in [6, 6.07) is 13.2. The summed E-state index contributed by atoms with van der Waals surface area (Å²) in [7, 11) is 1.31. The highest BCUT2D eigenvalue weighted by Gasteiger charge is 2.30. The van der Waals surface area contributed by atoms with Gasteiger partial charge in [-0.05, 0) is 48.4 Å². The SMILES string of the molecule is COC(=O)c1c(NC(=O)COC(=O)c2cccnc2Cl)sc2c1CCC(c1ccccc1)C2. The van der Waals surface area contributed by atoms with Crippen LogP contribution in [0.15, 0.2) is 48.7 Å². The van der Waals surface area contributed by atoms with E-state index in [0.717, 1.165) is 23.3 Å². The van der Waals surface area contributed by atoms with Crippen LogP contribution in [0, 0.1) is 0 Å². The van der Waals surface area contributed by atoms with E-state index in [1.807, 2.05) is 18.2 Å². The Morgan fingerprint density at radius 3 is 2.67 bits per heavy atom. The van der Waals surface area contributed by atoms with E-state index in [1.165, 1.54) is 36.3 Å². The van der Waals surface area contributed by atoms with Gasteiger partial charge in [0, 0.05) is 11.1 Å². The van der Waals surface area contributed by atoms with Crippen molar-refractivity contribution in [2.45, 2.75) is 25.2 Å². The molecule has 1 amide bonds. The molecule has 0 radical (unpaired) electrons.